The molecule has 0 saturated heterocycles. The van der Waals surface area contributed by atoms with Crippen LogP contribution in [0.2, 0.25) is 0 Å². The molecule has 0 spiro atoms. The largest absolute Gasteiger partial charge is 0.494 e. The number of hydrogen-bond donors (Lipinski definition) is 1. The summed E-state index contributed by atoms with van der Waals surface area (Å²) in [6, 6.07) is 17.3. The number of aromatic nitrogens is 3. The van der Waals surface area contributed by atoms with Crippen molar-refractivity contribution in [3.8, 4) is 17.3 Å². The highest BCUT2D eigenvalue weighted by atomic mass is 16.5. The predicted octanol–water partition coefficient (Wildman–Crippen LogP) is 4.63. The molecule has 0 unspecified atom stereocenters. The third-order valence-corrected chi connectivity index (χ3v) is 5.24. The fourth-order valence-electron chi connectivity index (χ4n) is 3.67. The Bertz CT molecular complexity index is 1280. The maximum Gasteiger partial charge on any atom is 0.263 e. The van der Waals surface area contributed by atoms with Crippen molar-refractivity contribution in [3.05, 3.63) is 71.4 Å². The van der Waals surface area contributed by atoms with Crippen molar-refractivity contribution in [2.24, 2.45) is 0 Å². The summed E-state index contributed by atoms with van der Waals surface area (Å²) in [6.45, 7) is 5.84. The average Bonchev–Trinajstić information content (AvgIpc) is 3.17. The van der Waals surface area contributed by atoms with Gasteiger partial charge in [0.1, 0.15) is 22.8 Å². The SMILES string of the molecule is CCc1ccccc1OCC(=O)Nc1cc(C)nn1-c1cc(C)c2cccc(OC)c2n1. The van der Waals surface area contributed by atoms with E-state index in [-0.39, 0.29) is 12.5 Å². The number of carbonyl (C=O) groups excluding carboxylic acids is 1. The Morgan fingerprint density at radius 1 is 1.06 bits per heavy atom. The van der Waals surface area contributed by atoms with Crippen LogP contribution in [0.15, 0.2) is 54.6 Å². The Morgan fingerprint density at radius 3 is 2.62 bits per heavy atom. The van der Waals surface area contributed by atoms with Crippen molar-refractivity contribution in [1.82, 2.24) is 14.8 Å². The highest BCUT2D eigenvalue weighted by Crippen LogP contribution is 2.28. The number of amides is 1. The smallest absolute Gasteiger partial charge is 0.263 e. The zero-order chi connectivity index (χ0) is 22.7. The maximum atomic E-state index is 12.6. The second kappa shape index (κ2) is 9.09. The molecule has 1 amide bonds. The number of rotatable bonds is 7. The van der Waals surface area contributed by atoms with Crippen LogP contribution in [0.4, 0.5) is 5.82 Å². The number of fused-ring (bicyclic) bond motifs is 1. The normalized spacial score (nSPS) is 10.9. The minimum absolute atomic E-state index is 0.0980. The molecule has 0 aliphatic rings. The van der Waals surface area contributed by atoms with E-state index in [0.29, 0.717) is 23.1 Å². The third-order valence-electron chi connectivity index (χ3n) is 5.24. The van der Waals surface area contributed by atoms with E-state index in [1.54, 1.807) is 17.9 Å². The van der Waals surface area contributed by atoms with E-state index in [0.717, 1.165) is 34.1 Å². The number of aryl methyl sites for hydroxylation is 3. The van der Waals surface area contributed by atoms with E-state index in [2.05, 4.69) is 17.3 Å². The van der Waals surface area contributed by atoms with E-state index < -0.39 is 0 Å². The summed E-state index contributed by atoms with van der Waals surface area (Å²) in [5.41, 5.74) is 3.60. The van der Waals surface area contributed by atoms with Gasteiger partial charge in [-0.15, -0.1) is 0 Å². The lowest BCUT2D eigenvalue weighted by Gasteiger charge is -2.13. The Labute approximate surface area is 187 Å². The molecule has 0 saturated carbocycles. The lowest BCUT2D eigenvalue weighted by molar-refractivity contribution is -0.118. The zero-order valence-corrected chi connectivity index (χ0v) is 18.7. The van der Waals surface area contributed by atoms with Crippen LogP contribution in [0.1, 0.15) is 23.7 Å². The monoisotopic (exact) mass is 430 g/mol. The molecule has 7 nitrogen and oxygen atoms in total. The van der Waals surface area contributed by atoms with Gasteiger partial charge in [-0.05, 0) is 49.6 Å². The molecule has 0 aliphatic carbocycles. The fourth-order valence-corrected chi connectivity index (χ4v) is 3.67. The van der Waals surface area contributed by atoms with E-state index in [1.807, 2.05) is 62.4 Å². The van der Waals surface area contributed by atoms with Gasteiger partial charge in [0.05, 0.1) is 12.8 Å². The predicted molar refractivity (Wildman–Crippen MR) is 125 cm³/mol. The van der Waals surface area contributed by atoms with Gasteiger partial charge in [-0.1, -0.05) is 37.3 Å². The fraction of sp³-hybridized carbons (Fsp3) is 0.240. The number of benzene rings is 2. The molecule has 0 atom stereocenters. The van der Waals surface area contributed by atoms with Crippen molar-refractivity contribution < 1.29 is 14.3 Å². The zero-order valence-electron chi connectivity index (χ0n) is 18.7. The minimum atomic E-state index is -0.271. The number of hydrogen-bond acceptors (Lipinski definition) is 5. The van der Waals surface area contributed by atoms with Crippen LogP contribution in [-0.2, 0) is 11.2 Å². The van der Waals surface area contributed by atoms with Crippen LogP contribution in [-0.4, -0.2) is 34.4 Å². The van der Waals surface area contributed by atoms with Crippen LogP contribution in [0.3, 0.4) is 0 Å². The molecule has 164 valence electrons. The summed E-state index contributed by atoms with van der Waals surface area (Å²) < 4.78 is 12.9. The number of pyridine rings is 1. The summed E-state index contributed by atoms with van der Waals surface area (Å²) in [4.78, 5) is 17.4. The van der Waals surface area contributed by atoms with Crippen LogP contribution in [0.5, 0.6) is 11.5 Å². The first kappa shape index (κ1) is 21.4. The maximum absolute atomic E-state index is 12.6. The summed E-state index contributed by atoms with van der Waals surface area (Å²) in [5, 5.41) is 8.44. The third kappa shape index (κ3) is 4.27. The molecule has 4 rings (SSSR count). The second-order valence-electron chi connectivity index (χ2n) is 7.53. The average molecular weight is 431 g/mol. The van der Waals surface area contributed by atoms with Crippen LogP contribution in [0.25, 0.3) is 16.7 Å². The topological polar surface area (TPSA) is 78.3 Å². The first-order chi connectivity index (χ1) is 15.5. The van der Waals surface area contributed by atoms with Crippen LogP contribution in [0, 0.1) is 13.8 Å². The quantitative estimate of drug-likeness (QED) is 0.463. The molecule has 2 aromatic heterocycles. The number of carbonyl (C=O) groups is 1. The molecule has 2 aromatic carbocycles. The van der Waals surface area contributed by atoms with E-state index >= 15 is 0 Å². The van der Waals surface area contributed by atoms with Gasteiger partial charge in [0.15, 0.2) is 12.4 Å². The Balaban J connectivity index is 1.60. The number of methoxy groups -OCH3 is 1. The molecular formula is C25H26N4O3. The summed E-state index contributed by atoms with van der Waals surface area (Å²) in [7, 11) is 1.62. The Kier molecular flexibility index (Phi) is 6.07. The van der Waals surface area contributed by atoms with Crippen LogP contribution >= 0.6 is 0 Å². The molecule has 0 fully saturated rings. The second-order valence-corrected chi connectivity index (χ2v) is 7.53. The lowest BCUT2D eigenvalue weighted by Crippen LogP contribution is -2.22. The van der Waals surface area contributed by atoms with Gasteiger partial charge in [-0.3, -0.25) is 4.79 Å². The van der Waals surface area contributed by atoms with Crippen molar-refractivity contribution in [2.75, 3.05) is 19.0 Å². The lowest BCUT2D eigenvalue weighted by atomic mass is 10.1. The summed E-state index contributed by atoms with van der Waals surface area (Å²) >= 11 is 0. The Hall–Kier alpha value is -3.87. The van der Waals surface area contributed by atoms with Gasteiger partial charge in [0, 0.05) is 11.5 Å². The molecule has 0 radical (unpaired) electrons. The number of ether oxygens (including phenoxy) is 2. The van der Waals surface area contributed by atoms with E-state index in [4.69, 9.17) is 14.5 Å². The Morgan fingerprint density at radius 2 is 1.84 bits per heavy atom. The minimum Gasteiger partial charge on any atom is -0.494 e. The molecule has 32 heavy (non-hydrogen) atoms. The molecule has 1 N–H and O–H groups in total. The number of nitrogens with zero attached hydrogens (tertiary/aromatic N) is 3. The number of anilines is 1. The molecule has 0 aliphatic heterocycles. The number of nitrogens with one attached hydrogen (secondary N) is 1. The molecule has 4 aromatic rings. The standard InChI is InChI=1S/C25H26N4O3/c1-5-18-9-6-7-11-20(18)32-15-24(30)26-23-14-17(3)28-29(23)22-13-16(2)19-10-8-12-21(31-4)25(19)27-22/h6-14H,5,15H2,1-4H3,(H,26,30). The van der Waals surface area contributed by atoms with Crippen molar-refractivity contribution in [3.63, 3.8) is 0 Å². The van der Waals surface area contributed by atoms with Gasteiger partial charge < -0.3 is 14.8 Å². The van der Waals surface area contributed by atoms with Gasteiger partial charge in [0.25, 0.3) is 5.91 Å². The van der Waals surface area contributed by atoms with Crippen molar-refractivity contribution >= 4 is 22.6 Å². The molecular weight excluding hydrogens is 404 g/mol. The first-order valence-corrected chi connectivity index (χ1v) is 10.5. The van der Waals surface area contributed by atoms with Crippen LogP contribution < -0.4 is 14.8 Å². The van der Waals surface area contributed by atoms with Crippen molar-refractivity contribution in [2.45, 2.75) is 27.2 Å². The molecule has 2 heterocycles. The van der Waals surface area contributed by atoms with E-state index in [1.165, 1.54) is 0 Å². The molecule has 0 bridgehead atoms. The van der Waals surface area contributed by atoms with Crippen molar-refractivity contribution in [1.29, 1.82) is 0 Å². The van der Waals surface area contributed by atoms with Gasteiger partial charge in [-0.25, -0.2) is 4.98 Å². The molecule has 7 heteroatoms. The van der Waals surface area contributed by atoms with Gasteiger partial charge in [0.2, 0.25) is 0 Å². The number of para-hydroxylation sites is 2. The highest BCUT2D eigenvalue weighted by molar-refractivity contribution is 5.92. The van der Waals surface area contributed by atoms with Gasteiger partial charge in [-0.2, -0.15) is 9.78 Å². The summed E-state index contributed by atoms with van der Waals surface area (Å²) in [5.74, 6) is 2.26. The van der Waals surface area contributed by atoms with E-state index in [9.17, 15) is 4.79 Å². The first-order valence-electron chi connectivity index (χ1n) is 10.5. The van der Waals surface area contributed by atoms with Gasteiger partial charge >= 0.3 is 0 Å². The summed E-state index contributed by atoms with van der Waals surface area (Å²) in [6.07, 6.45) is 0.834. The highest BCUT2D eigenvalue weighted by Gasteiger charge is 2.15.